The summed E-state index contributed by atoms with van der Waals surface area (Å²) in [7, 11) is 1.50. The van der Waals surface area contributed by atoms with E-state index in [1.54, 1.807) is 0 Å². The number of aryl methyl sites for hydroxylation is 1. The highest BCUT2D eigenvalue weighted by molar-refractivity contribution is 5.72. The van der Waals surface area contributed by atoms with Crippen LogP contribution in [0.1, 0.15) is 5.69 Å². The number of rotatable bonds is 3. The van der Waals surface area contributed by atoms with Gasteiger partial charge in [0.15, 0.2) is 5.69 Å². The van der Waals surface area contributed by atoms with Gasteiger partial charge in [-0.05, 0) is 19.1 Å². The van der Waals surface area contributed by atoms with Gasteiger partial charge in [0, 0.05) is 7.05 Å². The first-order chi connectivity index (χ1) is 9.45. The van der Waals surface area contributed by atoms with E-state index in [1.807, 2.05) is 0 Å². The molecule has 20 heavy (non-hydrogen) atoms. The van der Waals surface area contributed by atoms with Crippen molar-refractivity contribution in [1.82, 2.24) is 9.97 Å². The minimum absolute atomic E-state index is 0.0204. The summed E-state index contributed by atoms with van der Waals surface area (Å²) < 4.78 is 27.6. The highest BCUT2D eigenvalue weighted by atomic mass is 19.1. The van der Waals surface area contributed by atoms with Gasteiger partial charge in [-0.1, -0.05) is 6.07 Å². The number of aromatic nitrogens is 2. The largest absolute Gasteiger partial charge is 0.357 e. The Morgan fingerprint density at radius 1 is 1.25 bits per heavy atom. The van der Waals surface area contributed by atoms with Gasteiger partial charge in [0.1, 0.15) is 17.3 Å². The van der Waals surface area contributed by atoms with Gasteiger partial charge in [0.2, 0.25) is 5.95 Å². The molecule has 0 fully saturated rings. The lowest BCUT2D eigenvalue weighted by Crippen LogP contribution is -2.06. The normalized spacial score (nSPS) is 10.4. The minimum atomic E-state index is -0.923. The van der Waals surface area contributed by atoms with Crippen LogP contribution in [0.2, 0.25) is 0 Å². The quantitative estimate of drug-likeness (QED) is 0.690. The van der Waals surface area contributed by atoms with E-state index >= 15 is 0 Å². The molecule has 1 heterocycles. The molecule has 2 aromatic rings. The van der Waals surface area contributed by atoms with E-state index in [-0.39, 0.29) is 17.3 Å². The van der Waals surface area contributed by atoms with Crippen LogP contribution in [0, 0.1) is 28.7 Å². The smallest absolute Gasteiger partial charge is 0.316 e. The molecule has 104 valence electrons. The van der Waals surface area contributed by atoms with E-state index in [1.165, 1.54) is 20.0 Å². The minimum Gasteiger partial charge on any atom is -0.357 e. The fraction of sp³-hybridized carbons (Fsp3) is 0.167. The Morgan fingerprint density at radius 2 is 1.85 bits per heavy atom. The number of hydrogen-bond donors (Lipinski definition) is 1. The maximum absolute atomic E-state index is 13.8. The molecule has 0 spiro atoms. The van der Waals surface area contributed by atoms with E-state index in [4.69, 9.17) is 0 Å². The molecule has 0 saturated carbocycles. The number of benzene rings is 1. The molecule has 0 aliphatic heterocycles. The lowest BCUT2D eigenvalue weighted by atomic mass is 10.1. The molecule has 8 heteroatoms. The van der Waals surface area contributed by atoms with E-state index in [9.17, 15) is 18.9 Å². The number of hydrogen-bond acceptors (Lipinski definition) is 5. The molecule has 1 aromatic heterocycles. The molecule has 6 nitrogen and oxygen atoms in total. The van der Waals surface area contributed by atoms with E-state index in [2.05, 4.69) is 15.3 Å². The Morgan fingerprint density at radius 3 is 2.35 bits per heavy atom. The SMILES string of the molecule is CNc1nc(C)c([N+](=O)[O-])c(-c2c(F)cccc2F)n1. The van der Waals surface area contributed by atoms with Crippen LogP contribution in [0.3, 0.4) is 0 Å². The zero-order valence-electron chi connectivity index (χ0n) is 10.6. The van der Waals surface area contributed by atoms with Crippen molar-refractivity contribution in [3.8, 4) is 11.3 Å². The van der Waals surface area contributed by atoms with Crippen LogP contribution in [0.15, 0.2) is 18.2 Å². The molecule has 0 bridgehead atoms. The second-order valence-corrected chi connectivity index (χ2v) is 3.93. The molecule has 0 unspecified atom stereocenters. The predicted molar refractivity (Wildman–Crippen MR) is 68.3 cm³/mol. The fourth-order valence-electron chi connectivity index (χ4n) is 1.80. The van der Waals surface area contributed by atoms with Crippen LogP contribution in [-0.2, 0) is 0 Å². The van der Waals surface area contributed by atoms with Crippen molar-refractivity contribution >= 4 is 11.6 Å². The molecule has 0 aliphatic carbocycles. The number of nitro groups is 1. The van der Waals surface area contributed by atoms with Crippen molar-refractivity contribution < 1.29 is 13.7 Å². The number of anilines is 1. The molecule has 0 amide bonds. The van der Waals surface area contributed by atoms with Gasteiger partial charge >= 0.3 is 5.69 Å². The Balaban J connectivity index is 2.84. The van der Waals surface area contributed by atoms with Crippen molar-refractivity contribution in [2.45, 2.75) is 6.92 Å². The van der Waals surface area contributed by atoms with Gasteiger partial charge in [0.05, 0.1) is 10.5 Å². The van der Waals surface area contributed by atoms with Gasteiger partial charge in [-0.25, -0.2) is 18.7 Å². The molecule has 0 radical (unpaired) electrons. The summed E-state index contributed by atoms with van der Waals surface area (Å²) in [4.78, 5) is 18.0. The number of nitrogens with one attached hydrogen (secondary N) is 1. The van der Waals surface area contributed by atoms with Crippen molar-refractivity contribution in [1.29, 1.82) is 0 Å². The van der Waals surface area contributed by atoms with Crippen LogP contribution in [0.4, 0.5) is 20.4 Å². The topological polar surface area (TPSA) is 81.0 Å². The van der Waals surface area contributed by atoms with Gasteiger partial charge < -0.3 is 5.32 Å². The monoisotopic (exact) mass is 280 g/mol. The maximum atomic E-state index is 13.8. The maximum Gasteiger partial charge on any atom is 0.316 e. The van der Waals surface area contributed by atoms with Gasteiger partial charge in [-0.2, -0.15) is 0 Å². The number of halogens is 2. The Kier molecular flexibility index (Phi) is 3.55. The van der Waals surface area contributed by atoms with Gasteiger partial charge in [-0.3, -0.25) is 10.1 Å². The lowest BCUT2D eigenvalue weighted by molar-refractivity contribution is -0.385. The van der Waals surface area contributed by atoms with Crippen LogP contribution in [0.5, 0.6) is 0 Å². The van der Waals surface area contributed by atoms with Gasteiger partial charge in [0.25, 0.3) is 0 Å². The molecule has 1 N–H and O–H groups in total. The summed E-state index contributed by atoms with van der Waals surface area (Å²) in [6.45, 7) is 1.38. The first-order valence-electron chi connectivity index (χ1n) is 5.61. The standard InChI is InChI=1S/C12H10F2N4O2/c1-6-11(18(19)20)10(17-12(15-2)16-6)9-7(13)4-3-5-8(9)14/h3-5H,1-2H3,(H,15,16,17). The van der Waals surface area contributed by atoms with Crippen molar-refractivity contribution in [3.05, 3.63) is 45.6 Å². The third-order valence-electron chi connectivity index (χ3n) is 2.66. The summed E-state index contributed by atoms with van der Waals surface area (Å²) >= 11 is 0. The summed E-state index contributed by atoms with van der Waals surface area (Å²) in [6.07, 6.45) is 0. The molecule has 2 rings (SSSR count). The van der Waals surface area contributed by atoms with E-state index in [0.717, 1.165) is 12.1 Å². The van der Waals surface area contributed by atoms with Crippen LogP contribution in [-0.4, -0.2) is 21.9 Å². The first kappa shape index (κ1) is 13.8. The third-order valence-corrected chi connectivity index (χ3v) is 2.66. The van der Waals surface area contributed by atoms with Crippen LogP contribution in [0.25, 0.3) is 11.3 Å². The third kappa shape index (κ3) is 2.27. The molecular weight excluding hydrogens is 270 g/mol. The van der Waals surface area contributed by atoms with Crippen molar-refractivity contribution in [2.24, 2.45) is 0 Å². The first-order valence-corrected chi connectivity index (χ1v) is 5.61. The molecule has 0 saturated heterocycles. The molecular formula is C12H10F2N4O2. The summed E-state index contributed by atoms with van der Waals surface area (Å²) in [6, 6.07) is 3.20. The molecule has 0 aliphatic rings. The highest BCUT2D eigenvalue weighted by Crippen LogP contribution is 2.34. The second-order valence-electron chi connectivity index (χ2n) is 3.93. The zero-order valence-corrected chi connectivity index (χ0v) is 10.6. The van der Waals surface area contributed by atoms with Crippen LogP contribution >= 0.6 is 0 Å². The average Bonchev–Trinajstić information content (AvgIpc) is 2.37. The summed E-state index contributed by atoms with van der Waals surface area (Å²) in [5, 5.41) is 13.7. The Labute approximate surface area is 112 Å². The van der Waals surface area contributed by atoms with Crippen LogP contribution < -0.4 is 5.32 Å². The second kappa shape index (κ2) is 5.16. The van der Waals surface area contributed by atoms with Crippen molar-refractivity contribution in [3.63, 3.8) is 0 Å². The van der Waals surface area contributed by atoms with E-state index < -0.39 is 27.8 Å². The van der Waals surface area contributed by atoms with Crippen molar-refractivity contribution in [2.75, 3.05) is 12.4 Å². The van der Waals surface area contributed by atoms with Gasteiger partial charge in [-0.15, -0.1) is 0 Å². The predicted octanol–water partition coefficient (Wildman–Crippen LogP) is 2.68. The Hall–Kier alpha value is -2.64. The van der Waals surface area contributed by atoms with E-state index in [0.29, 0.717) is 0 Å². The molecule has 0 atom stereocenters. The molecule has 1 aromatic carbocycles. The zero-order chi connectivity index (χ0) is 14.9. The highest BCUT2D eigenvalue weighted by Gasteiger charge is 2.27. The average molecular weight is 280 g/mol. The summed E-state index contributed by atoms with van der Waals surface area (Å²) in [5.74, 6) is -1.80. The fourth-order valence-corrected chi connectivity index (χ4v) is 1.80. The Bertz CT molecular complexity index is 671. The summed E-state index contributed by atoms with van der Waals surface area (Å²) in [5.41, 5.74) is -1.43. The lowest BCUT2D eigenvalue weighted by Gasteiger charge is -2.08. The number of nitrogens with zero attached hydrogens (tertiary/aromatic N) is 3.